The van der Waals surface area contributed by atoms with Gasteiger partial charge in [0.25, 0.3) is 0 Å². The first-order valence-electron chi connectivity index (χ1n) is 4.51. The summed E-state index contributed by atoms with van der Waals surface area (Å²) in [5.41, 5.74) is 1.39. The first-order valence-corrected chi connectivity index (χ1v) is 4.51. The molecule has 0 fully saturated rings. The molecular formula is C11H13N2+. The molecule has 13 heavy (non-hydrogen) atoms. The Bertz CT molecular complexity index is 338. The summed E-state index contributed by atoms with van der Waals surface area (Å²) in [6, 6.07) is 10.5. The lowest BCUT2D eigenvalue weighted by Crippen LogP contribution is -2.31. The smallest absolute Gasteiger partial charge is 0.241 e. The number of nitrogens with zero attached hydrogens (tertiary/aromatic N) is 1. The Morgan fingerprint density at radius 2 is 2.00 bits per heavy atom. The maximum atomic E-state index is 3.03. The van der Waals surface area contributed by atoms with Crippen LogP contribution in [0.15, 0.2) is 49.1 Å². The van der Waals surface area contributed by atoms with Gasteiger partial charge in [0.1, 0.15) is 12.4 Å². The molecule has 1 aromatic carbocycles. The fraction of sp³-hybridized carbons (Fsp3) is 0.182. The van der Waals surface area contributed by atoms with Gasteiger partial charge in [-0.1, -0.05) is 30.3 Å². The van der Waals surface area contributed by atoms with Gasteiger partial charge < -0.3 is 0 Å². The van der Waals surface area contributed by atoms with Crippen LogP contribution in [0.1, 0.15) is 5.56 Å². The first-order chi connectivity index (χ1) is 6.45. The van der Waals surface area contributed by atoms with Crippen LogP contribution in [0.2, 0.25) is 0 Å². The third-order valence-electron chi connectivity index (χ3n) is 2.10. The number of rotatable bonds is 3. The molecule has 2 rings (SSSR count). The van der Waals surface area contributed by atoms with Crippen molar-refractivity contribution in [3.63, 3.8) is 0 Å². The summed E-state index contributed by atoms with van der Waals surface area (Å²) in [5.74, 6) is 0. The van der Waals surface area contributed by atoms with Gasteiger partial charge in [0, 0.05) is 6.42 Å². The van der Waals surface area contributed by atoms with E-state index in [1.165, 1.54) is 5.56 Å². The van der Waals surface area contributed by atoms with Crippen molar-refractivity contribution in [1.29, 1.82) is 0 Å². The molecule has 0 saturated heterocycles. The molecule has 0 saturated carbocycles. The average molecular weight is 173 g/mol. The van der Waals surface area contributed by atoms with Crippen LogP contribution in [0.4, 0.5) is 0 Å². The highest BCUT2D eigenvalue weighted by atomic mass is 15.0. The Morgan fingerprint density at radius 3 is 2.69 bits per heavy atom. The molecule has 0 aliphatic carbocycles. The largest absolute Gasteiger partial charge is 0.250 e. The molecule has 0 aliphatic rings. The molecule has 0 bridgehead atoms. The zero-order valence-electron chi connectivity index (χ0n) is 7.48. The normalized spacial score (nSPS) is 10.2. The van der Waals surface area contributed by atoms with Gasteiger partial charge in [-0.2, -0.15) is 0 Å². The number of nitrogens with one attached hydrogen (secondary N) is 1. The highest BCUT2D eigenvalue weighted by molar-refractivity contribution is 5.14. The number of imidazole rings is 1. The highest BCUT2D eigenvalue weighted by Gasteiger charge is 1.96. The predicted molar refractivity (Wildman–Crippen MR) is 51.1 cm³/mol. The van der Waals surface area contributed by atoms with E-state index in [1.54, 1.807) is 0 Å². The lowest BCUT2D eigenvalue weighted by Gasteiger charge is -1.97. The highest BCUT2D eigenvalue weighted by Crippen LogP contribution is 1.98. The molecular weight excluding hydrogens is 160 g/mol. The number of H-pyrrole nitrogens is 1. The molecule has 0 amide bonds. The second-order valence-electron chi connectivity index (χ2n) is 3.08. The summed E-state index contributed by atoms with van der Waals surface area (Å²) >= 11 is 0. The number of aryl methyl sites for hydroxylation is 2. The molecule has 0 unspecified atom stereocenters. The van der Waals surface area contributed by atoms with Crippen LogP contribution in [-0.2, 0) is 13.0 Å². The van der Waals surface area contributed by atoms with E-state index in [9.17, 15) is 0 Å². The molecule has 2 heteroatoms. The molecule has 1 aromatic heterocycles. The third-order valence-corrected chi connectivity index (χ3v) is 2.10. The Labute approximate surface area is 77.9 Å². The van der Waals surface area contributed by atoms with Crippen molar-refractivity contribution >= 4 is 0 Å². The molecule has 66 valence electrons. The number of aromatic amines is 1. The minimum absolute atomic E-state index is 1.04. The SMILES string of the molecule is c1ccc(CC[n+]2cc[nH]c2)cc1. The molecule has 0 radical (unpaired) electrons. The summed E-state index contributed by atoms with van der Waals surface area (Å²) in [5, 5.41) is 0. The molecule has 0 aliphatic heterocycles. The molecule has 0 atom stereocenters. The van der Waals surface area contributed by atoms with E-state index in [1.807, 2.05) is 24.8 Å². The number of benzene rings is 1. The van der Waals surface area contributed by atoms with E-state index in [4.69, 9.17) is 0 Å². The van der Waals surface area contributed by atoms with Gasteiger partial charge in [-0.15, -0.1) is 0 Å². The standard InChI is InChI=1S/C11H12N2/c1-2-4-11(5-3-1)6-8-13-9-7-12-10-13/h1-5,7,9-10H,6,8H2/p+1. The second kappa shape index (κ2) is 3.90. The lowest BCUT2D eigenvalue weighted by atomic mass is 10.1. The maximum Gasteiger partial charge on any atom is 0.241 e. The third kappa shape index (κ3) is 2.18. The zero-order valence-corrected chi connectivity index (χ0v) is 7.48. The molecule has 1 N–H and O–H groups in total. The van der Waals surface area contributed by atoms with Crippen molar-refractivity contribution in [2.24, 2.45) is 0 Å². The quantitative estimate of drug-likeness (QED) is 0.679. The summed E-state index contributed by atoms with van der Waals surface area (Å²) in [6.45, 7) is 1.04. The van der Waals surface area contributed by atoms with E-state index in [-0.39, 0.29) is 0 Å². The van der Waals surface area contributed by atoms with Gasteiger partial charge in [-0.05, 0) is 5.56 Å². The number of hydrogen-bond acceptors (Lipinski definition) is 0. The maximum absolute atomic E-state index is 3.03. The number of hydrogen-bond donors (Lipinski definition) is 1. The Kier molecular flexibility index (Phi) is 2.41. The first kappa shape index (κ1) is 8.05. The van der Waals surface area contributed by atoms with E-state index in [0.717, 1.165) is 13.0 Å². The van der Waals surface area contributed by atoms with Crippen molar-refractivity contribution in [3.8, 4) is 0 Å². The summed E-state index contributed by atoms with van der Waals surface area (Å²) in [4.78, 5) is 3.03. The van der Waals surface area contributed by atoms with Crippen LogP contribution >= 0.6 is 0 Å². The van der Waals surface area contributed by atoms with E-state index >= 15 is 0 Å². The van der Waals surface area contributed by atoms with Gasteiger partial charge in [-0.25, -0.2) is 4.57 Å². The summed E-state index contributed by atoms with van der Waals surface area (Å²) in [6.07, 6.45) is 7.04. The fourth-order valence-corrected chi connectivity index (χ4v) is 1.36. The van der Waals surface area contributed by atoms with Crippen LogP contribution in [0.5, 0.6) is 0 Å². The molecule has 0 spiro atoms. The fourth-order valence-electron chi connectivity index (χ4n) is 1.36. The zero-order chi connectivity index (χ0) is 8.93. The van der Waals surface area contributed by atoms with Gasteiger partial charge >= 0.3 is 0 Å². The van der Waals surface area contributed by atoms with Gasteiger partial charge in [0.2, 0.25) is 6.33 Å². The van der Waals surface area contributed by atoms with Crippen molar-refractivity contribution in [2.75, 3.05) is 0 Å². The van der Waals surface area contributed by atoms with Crippen molar-refractivity contribution in [1.82, 2.24) is 4.98 Å². The second-order valence-corrected chi connectivity index (χ2v) is 3.08. The number of aromatic nitrogens is 2. The van der Waals surface area contributed by atoms with Crippen molar-refractivity contribution < 1.29 is 4.57 Å². The topological polar surface area (TPSA) is 19.7 Å². The van der Waals surface area contributed by atoms with Gasteiger partial charge in [-0.3, -0.25) is 4.98 Å². The lowest BCUT2D eigenvalue weighted by molar-refractivity contribution is -0.695. The van der Waals surface area contributed by atoms with Crippen LogP contribution in [-0.4, -0.2) is 4.98 Å². The monoisotopic (exact) mass is 173 g/mol. The van der Waals surface area contributed by atoms with Gasteiger partial charge in [0.05, 0.1) is 6.54 Å². The van der Waals surface area contributed by atoms with Crippen LogP contribution in [0, 0.1) is 0 Å². The molecule has 1 heterocycles. The van der Waals surface area contributed by atoms with Crippen LogP contribution in [0.3, 0.4) is 0 Å². The molecule has 2 nitrogen and oxygen atoms in total. The summed E-state index contributed by atoms with van der Waals surface area (Å²) in [7, 11) is 0. The van der Waals surface area contributed by atoms with Crippen LogP contribution in [0.25, 0.3) is 0 Å². The minimum Gasteiger partial charge on any atom is -0.250 e. The predicted octanol–water partition coefficient (Wildman–Crippen LogP) is 1.54. The average Bonchev–Trinajstić information content (AvgIpc) is 2.69. The Hall–Kier alpha value is -1.57. The van der Waals surface area contributed by atoms with E-state index in [0.29, 0.717) is 0 Å². The summed E-state index contributed by atoms with van der Waals surface area (Å²) < 4.78 is 2.15. The van der Waals surface area contributed by atoms with Crippen LogP contribution < -0.4 is 4.57 Å². The minimum atomic E-state index is 1.04. The molecule has 2 aromatic rings. The van der Waals surface area contributed by atoms with Crippen molar-refractivity contribution in [3.05, 3.63) is 54.6 Å². The Morgan fingerprint density at radius 1 is 1.15 bits per heavy atom. The Balaban J connectivity index is 1.94. The van der Waals surface area contributed by atoms with E-state index < -0.39 is 0 Å². The van der Waals surface area contributed by atoms with Gasteiger partial charge in [0.15, 0.2) is 0 Å². The van der Waals surface area contributed by atoms with Crippen molar-refractivity contribution in [2.45, 2.75) is 13.0 Å². The van der Waals surface area contributed by atoms with E-state index in [2.05, 4.69) is 33.8 Å².